The molecule has 116 valence electrons. The summed E-state index contributed by atoms with van der Waals surface area (Å²) in [7, 11) is 1.61. The Kier molecular flexibility index (Phi) is 5.36. The van der Waals surface area contributed by atoms with Crippen LogP contribution < -0.4 is 10.5 Å². The maximum Gasteiger partial charge on any atom is 0.233 e. The van der Waals surface area contributed by atoms with Crippen molar-refractivity contribution >= 4 is 23.4 Å². The number of nitrogens with zero attached hydrogens (tertiary/aromatic N) is 1. The van der Waals surface area contributed by atoms with Gasteiger partial charge in [0.05, 0.1) is 25.1 Å². The van der Waals surface area contributed by atoms with Crippen molar-refractivity contribution in [3.05, 3.63) is 18.2 Å². The van der Waals surface area contributed by atoms with E-state index in [0.29, 0.717) is 24.5 Å². The third kappa shape index (κ3) is 4.28. The molecule has 0 aromatic heterocycles. The number of amides is 1. The Hall–Kier alpha value is -1.40. The number of rotatable bonds is 4. The number of thioether (sulfide) groups is 1. The zero-order valence-electron chi connectivity index (χ0n) is 12.7. The van der Waals surface area contributed by atoms with Gasteiger partial charge in [0.2, 0.25) is 5.91 Å². The molecule has 0 bridgehead atoms. The normalized spacial score (nSPS) is 22.1. The Bertz CT molecular complexity index is 500. The SMILES string of the molecule is COc1ccc(N)c(SCC(=O)N2CC(C)OC(C)C2)c1. The van der Waals surface area contributed by atoms with Gasteiger partial charge >= 0.3 is 0 Å². The summed E-state index contributed by atoms with van der Waals surface area (Å²) in [6, 6.07) is 5.47. The van der Waals surface area contributed by atoms with Gasteiger partial charge in [-0.25, -0.2) is 0 Å². The minimum atomic E-state index is 0.0876. The summed E-state index contributed by atoms with van der Waals surface area (Å²) in [5, 5.41) is 0. The zero-order valence-corrected chi connectivity index (χ0v) is 13.5. The molecule has 2 atom stereocenters. The Balaban J connectivity index is 1.94. The molecule has 0 spiro atoms. The number of ether oxygens (including phenoxy) is 2. The predicted molar refractivity (Wildman–Crippen MR) is 84.7 cm³/mol. The highest BCUT2D eigenvalue weighted by atomic mass is 32.2. The second kappa shape index (κ2) is 7.04. The van der Waals surface area contributed by atoms with Crippen LogP contribution in [0.4, 0.5) is 5.69 Å². The third-order valence-electron chi connectivity index (χ3n) is 3.34. The molecule has 0 saturated carbocycles. The van der Waals surface area contributed by atoms with Crippen molar-refractivity contribution in [2.75, 3.05) is 31.7 Å². The van der Waals surface area contributed by atoms with Crippen molar-refractivity contribution in [2.24, 2.45) is 0 Å². The number of anilines is 1. The van der Waals surface area contributed by atoms with Gasteiger partial charge in [0.15, 0.2) is 0 Å². The van der Waals surface area contributed by atoms with Gasteiger partial charge in [-0.2, -0.15) is 0 Å². The third-order valence-corrected chi connectivity index (χ3v) is 4.40. The molecule has 6 heteroatoms. The number of hydrogen-bond acceptors (Lipinski definition) is 5. The lowest BCUT2D eigenvalue weighted by atomic mass is 10.2. The molecule has 21 heavy (non-hydrogen) atoms. The van der Waals surface area contributed by atoms with Crippen LogP contribution in [0.25, 0.3) is 0 Å². The molecule has 1 saturated heterocycles. The van der Waals surface area contributed by atoms with Gasteiger partial charge in [-0.1, -0.05) is 0 Å². The lowest BCUT2D eigenvalue weighted by Gasteiger charge is -2.35. The van der Waals surface area contributed by atoms with E-state index in [9.17, 15) is 4.79 Å². The summed E-state index contributed by atoms with van der Waals surface area (Å²) in [5.41, 5.74) is 6.60. The lowest BCUT2D eigenvalue weighted by molar-refractivity contribution is -0.140. The second-order valence-corrected chi connectivity index (χ2v) is 6.27. The minimum absolute atomic E-state index is 0.0876. The van der Waals surface area contributed by atoms with Crippen LogP contribution in [0, 0.1) is 0 Å². The van der Waals surface area contributed by atoms with Crippen LogP contribution >= 0.6 is 11.8 Å². The highest BCUT2D eigenvalue weighted by Crippen LogP contribution is 2.29. The summed E-state index contributed by atoms with van der Waals surface area (Å²) >= 11 is 1.44. The van der Waals surface area contributed by atoms with E-state index in [4.69, 9.17) is 15.2 Å². The van der Waals surface area contributed by atoms with E-state index in [-0.39, 0.29) is 18.1 Å². The average Bonchev–Trinajstić information content (AvgIpc) is 2.45. The molecule has 1 heterocycles. The average molecular weight is 310 g/mol. The fourth-order valence-electron chi connectivity index (χ4n) is 2.38. The van der Waals surface area contributed by atoms with E-state index < -0.39 is 0 Å². The van der Waals surface area contributed by atoms with E-state index in [1.165, 1.54) is 11.8 Å². The van der Waals surface area contributed by atoms with E-state index in [1.807, 2.05) is 30.9 Å². The molecule has 0 aliphatic carbocycles. The van der Waals surface area contributed by atoms with Gasteiger partial charge in [0, 0.05) is 23.7 Å². The first kappa shape index (κ1) is 16.0. The Morgan fingerprint density at radius 1 is 1.43 bits per heavy atom. The molecular weight excluding hydrogens is 288 g/mol. The van der Waals surface area contributed by atoms with Crippen molar-refractivity contribution in [2.45, 2.75) is 31.0 Å². The molecule has 1 aromatic carbocycles. The Labute approximate surface area is 129 Å². The molecule has 1 aliphatic rings. The lowest BCUT2D eigenvalue weighted by Crippen LogP contribution is -2.48. The van der Waals surface area contributed by atoms with Crippen molar-refractivity contribution in [1.82, 2.24) is 4.90 Å². The van der Waals surface area contributed by atoms with E-state index in [0.717, 1.165) is 10.6 Å². The zero-order chi connectivity index (χ0) is 15.4. The highest BCUT2D eigenvalue weighted by molar-refractivity contribution is 8.00. The van der Waals surface area contributed by atoms with Gasteiger partial charge in [-0.3, -0.25) is 4.79 Å². The number of hydrogen-bond donors (Lipinski definition) is 1. The second-order valence-electron chi connectivity index (χ2n) is 5.25. The van der Waals surface area contributed by atoms with Crippen molar-refractivity contribution in [3.8, 4) is 5.75 Å². The number of carbonyl (C=O) groups excluding carboxylic acids is 1. The molecule has 1 amide bonds. The number of nitrogen functional groups attached to an aromatic ring is 1. The summed E-state index contributed by atoms with van der Waals surface area (Å²) in [4.78, 5) is 15.0. The smallest absolute Gasteiger partial charge is 0.233 e. The Morgan fingerprint density at radius 2 is 2.10 bits per heavy atom. The monoisotopic (exact) mass is 310 g/mol. The van der Waals surface area contributed by atoms with Crippen LogP contribution in [0.1, 0.15) is 13.8 Å². The summed E-state index contributed by atoms with van der Waals surface area (Å²) < 4.78 is 10.8. The first-order chi connectivity index (χ1) is 9.99. The van der Waals surface area contributed by atoms with Crippen LogP contribution in [0.3, 0.4) is 0 Å². The fraction of sp³-hybridized carbons (Fsp3) is 0.533. The maximum absolute atomic E-state index is 12.3. The van der Waals surface area contributed by atoms with Crippen LogP contribution in [0.2, 0.25) is 0 Å². The molecule has 2 unspecified atom stereocenters. The Morgan fingerprint density at radius 3 is 2.71 bits per heavy atom. The van der Waals surface area contributed by atoms with Crippen molar-refractivity contribution in [3.63, 3.8) is 0 Å². The van der Waals surface area contributed by atoms with E-state index >= 15 is 0 Å². The van der Waals surface area contributed by atoms with Crippen molar-refractivity contribution in [1.29, 1.82) is 0 Å². The summed E-state index contributed by atoms with van der Waals surface area (Å²) in [5.74, 6) is 1.23. The predicted octanol–water partition coefficient (Wildman–Crippen LogP) is 2.01. The molecule has 2 N–H and O–H groups in total. The number of nitrogens with two attached hydrogens (primary N) is 1. The number of morpholine rings is 1. The summed E-state index contributed by atoms with van der Waals surface area (Å²) in [6.45, 7) is 5.28. The van der Waals surface area contributed by atoms with Crippen LogP contribution in [-0.2, 0) is 9.53 Å². The fourth-order valence-corrected chi connectivity index (χ4v) is 3.27. The highest BCUT2D eigenvalue weighted by Gasteiger charge is 2.25. The first-order valence-electron chi connectivity index (χ1n) is 6.99. The molecule has 1 fully saturated rings. The topological polar surface area (TPSA) is 64.8 Å². The van der Waals surface area contributed by atoms with E-state index in [2.05, 4.69) is 0 Å². The molecule has 5 nitrogen and oxygen atoms in total. The van der Waals surface area contributed by atoms with Crippen LogP contribution in [-0.4, -0.2) is 49.0 Å². The number of methoxy groups -OCH3 is 1. The quantitative estimate of drug-likeness (QED) is 0.681. The van der Waals surface area contributed by atoms with Crippen LogP contribution in [0.5, 0.6) is 5.75 Å². The van der Waals surface area contributed by atoms with Crippen molar-refractivity contribution < 1.29 is 14.3 Å². The standard InChI is InChI=1S/C15H22N2O3S/c1-10-7-17(8-11(2)20-10)15(18)9-21-14-6-12(19-3)4-5-13(14)16/h4-6,10-11H,7-9,16H2,1-3H3. The van der Waals surface area contributed by atoms with Crippen LogP contribution in [0.15, 0.2) is 23.1 Å². The van der Waals surface area contributed by atoms with Gasteiger partial charge in [0.25, 0.3) is 0 Å². The van der Waals surface area contributed by atoms with Gasteiger partial charge in [-0.15, -0.1) is 11.8 Å². The molecule has 1 aliphatic heterocycles. The van der Waals surface area contributed by atoms with E-state index in [1.54, 1.807) is 13.2 Å². The number of benzene rings is 1. The van der Waals surface area contributed by atoms with Gasteiger partial charge < -0.3 is 20.1 Å². The molecule has 1 aromatic rings. The minimum Gasteiger partial charge on any atom is -0.497 e. The molecular formula is C15H22N2O3S. The molecule has 0 radical (unpaired) electrons. The van der Waals surface area contributed by atoms with Gasteiger partial charge in [0.1, 0.15) is 5.75 Å². The summed E-state index contributed by atoms with van der Waals surface area (Å²) in [6.07, 6.45) is 0.175. The number of carbonyl (C=O) groups is 1. The van der Waals surface area contributed by atoms with Gasteiger partial charge in [-0.05, 0) is 32.0 Å². The largest absolute Gasteiger partial charge is 0.497 e. The maximum atomic E-state index is 12.3. The molecule has 2 rings (SSSR count). The first-order valence-corrected chi connectivity index (χ1v) is 7.97.